The van der Waals surface area contributed by atoms with Gasteiger partial charge in [-0.15, -0.1) is 0 Å². The first-order valence-corrected chi connectivity index (χ1v) is 11.7. The third-order valence-electron chi connectivity index (χ3n) is 3.54. The van der Waals surface area contributed by atoms with Crippen LogP contribution in [0, 0.1) is 17.8 Å². The molecule has 1 nitrogen and oxygen atoms in total. The minimum absolute atomic E-state index is 0. The molecule has 1 aliphatic carbocycles. The summed E-state index contributed by atoms with van der Waals surface area (Å²) in [5.41, 5.74) is 1.33. The summed E-state index contributed by atoms with van der Waals surface area (Å²) in [5, 5.41) is 0. The Morgan fingerprint density at radius 3 is 1.76 bits per heavy atom. The molecule has 0 aliphatic heterocycles. The number of allylic oxidation sites excluding steroid dienone is 6. The van der Waals surface area contributed by atoms with Gasteiger partial charge in [-0.25, -0.2) is 0 Å². The molecule has 0 saturated carbocycles. The van der Waals surface area contributed by atoms with E-state index in [9.17, 15) is 0 Å². The molecule has 0 aromatic rings. The van der Waals surface area contributed by atoms with Crippen molar-refractivity contribution in [3.8, 4) is 0 Å². The van der Waals surface area contributed by atoms with Crippen LogP contribution >= 0.6 is 7.05 Å². The largest absolute Gasteiger partial charge is 0.272 e. The van der Waals surface area contributed by atoms with Crippen molar-refractivity contribution in [1.29, 1.82) is 0 Å². The van der Waals surface area contributed by atoms with Gasteiger partial charge in [-0.1, -0.05) is 78.5 Å². The Bertz CT molecular complexity index is 463. The zero-order valence-corrected chi connectivity index (χ0v) is 20.1. The van der Waals surface area contributed by atoms with Gasteiger partial charge in [-0.3, -0.25) is 4.74 Å². The van der Waals surface area contributed by atoms with Gasteiger partial charge in [0.15, 0.2) is 0 Å². The van der Waals surface area contributed by atoms with Crippen LogP contribution in [0.25, 0.3) is 0 Å². The molecule has 0 unspecified atom stereocenters. The van der Waals surface area contributed by atoms with E-state index in [1.807, 2.05) is 19.1 Å². The summed E-state index contributed by atoms with van der Waals surface area (Å²) < 4.78 is 5.34. The summed E-state index contributed by atoms with van der Waals surface area (Å²) >= 11 is 0. The monoisotopic (exact) mass is 397 g/mol. The molecule has 0 saturated heterocycles. The first-order chi connectivity index (χ1) is 11.2. The third-order valence-corrected chi connectivity index (χ3v) is 8.45. The second-order valence-electron chi connectivity index (χ2n) is 7.98. The Labute approximate surface area is 173 Å². The van der Waals surface area contributed by atoms with Crippen molar-refractivity contribution in [2.24, 2.45) is 22.5 Å². The number of hydrogen-bond donors (Lipinski definition) is 0. The zero-order valence-electron chi connectivity index (χ0n) is 17.6. The predicted octanol–water partition coefficient (Wildman–Crippen LogP) is 7.75. The molecule has 0 bridgehead atoms. The van der Waals surface area contributed by atoms with Gasteiger partial charge in [0.2, 0.25) is 0 Å². The third kappa shape index (κ3) is 13.7. The summed E-state index contributed by atoms with van der Waals surface area (Å²) in [6.07, 6.45) is 17.2. The molecule has 3 heteroatoms. The second kappa shape index (κ2) is 15.0. The molecule has 0 spiro atoms. The molecule has 1 aliphatic rings. The van der Waals surface area contributed by atoms with Crippen LogP contribution in [0.15, 0.2) is 53.5 Å². The number of nitrogens with zero attached hydrogens (tertiary/aromatic N) is 1. The molecular formula is C22H40NPTi. The van der Waals surface area contributed by atoms with E-state index in [2.05, 4.69) is 66.3 Å². The van der Waals surface area contributed by atoms with Crippen LogP contribution in [-0.2, 0) is 21.7 Å². The normalized spacial score (nSPS) is 13.8. The molecule has 0 aromatic heterocycles. The van der Waals surface area contributed by atoms with Gasteiger partial charge in [-0.05, 0) is 56.3 Å². The molecule has 25 heavy (non-hydrogen) atoms. The van der Waals surface area contributed by atoms with Gasteiger partial charge in [0, 0.05) is 33.8 Å². The van der Waals surface area contributed by atoms with Crippen molar-refractivity contribution in [3.63, 3.8) is 0 Å². The fourth-order valence-electron chi connectivity index (χ4n) is 3.30. The van der Waals surface area contributed by atoms with Crippen LogP contribution in [0.4, 0.5) is 0 Å². The van der Waals surface area contributed by atoms with Crippen LogP contribution in [0.2, 0.25) is 0 Å². The molecule has 0 heterocycles. The van der Waals surface area contributed by atoms with Gasteiger partial charge in [-0.2, -0.15) is 0 Å². The maximum Gasteiger partial charge on any atom is 0.0425 e. The molecule has 0 fully saturated rings. The van der Waals surface area contributed by atoms with E-state index in [-0.39, 0.29) is 21.7 Å². The van der Waals surface area contributed by atoms with Crippen molar-refractivity contribution >= 4 is 7.05 Å². The molecular weight excluding hydrogens is 357 g/mol. The first-order valence-electron chi connectivity index (χ1n) is 9.43. The Kier molecular flexibility index (Phi) is 16.3. The second-order valence-corrected chi connectivity index (χ2v) is 11.5. The van der Waals surface area contributed by atoms with Crippen molar-refractivity contribution in [3.05, 3.63) is 48.7 Å². The van der Waals surface area contributed by atoms with Crippen molar-refractivity contribution in [1.82, 2.24) is 0 Å². The molecule has 0 amide bonds. The van der Waals surface area contributed by atoms with Crippen LogP contribution in [-0.4, -0.2) is 18.5 Å². The molecule has 0 N–H and O–H groups in total. The van der Waals surface area contributed by atoms with E-state index in [1.54, 1.807) is 6.08 Å². The maximum atomic E-state index is 5.34. The van der Waals surface area contributed by atoms with Crippen molar-refractivity contribution in [2.75, 3.05) is 18.5 Å². The standard InChI is InChI=1S/C17H32NP.C5H8.Ti/c1-14(2)11-19(12-15(3)4,13-16(5)6)18-17-9-7-8-10-17;1-3-5-4-2;/h7-9,14-16H,10-13H2,1-6H3;3-5H,1H2,2H3;. The summed E-state index contributed by atoms with van der Waals surface area (Å²) in [7, 11) is -1.20. The fourth-order valence-corrected chi connectivity index (χ4v) is 8.77. The van der Waals surface area contributed by atoms with E-state index in [4.69, 9.17) is 4.74 Å². The van der Waals surface area contributed by atoms with Gasteiger partial charge in [0.25, 0.3) is 0 Å². The summed E-state index contributed by atoms with van der Waals surface area (Å²) in [4.78, 5) is 0. The quantitative estimate of drug-likeness (QED) is 0.226. The van der Waals surface area contributed by atoms with E-state index >= 15 is 0 Å². The minimum Gasteiger partial charge on any atom is -0.272 e. The van der Waals surface area contributed by atoms with Gasteiger partial charge in [0.05, 0.1) is 0 Å². The van der Waals surface area contributed by atoms with Gasteiger partial charge in [0.1, 0.15) is 0 Å². The van der Waals surface area contributed by atoms with Crippen LogP contribution in [0.3, 0.4) is 0 Å². The number of rotatable bonds is 8. The summed E-state index contributed by atoms with van der Waals surface area (Å²) in [6, 6.07) is 0. The fraction of sp³-hybridized carbons (Fsp3) is 0.636. The van der Waals surface area contributed by atoms with Crippen LogP contribution in [0.5, 0.6) is 0 Å². The number of hydrogen-bond acceptors (Lipinski definition) is 1. The van der Waals surface area contributed by atoms with Crippen LogP contribution in [0.1, 0.15) is 54.9 Å². The van der Waals surface area contributed by atoms with Crippen LogP contribution < -0.4 is 0 Å². The zero-order chi connectivity index (χ0) is 18.6. The van der Waals surface area contributed by atoms with E-state index in [0.29, 0.717) is 0 Å². The average Bonchev–Trinajstić information content (AvgIpc) is 2.89. The SMILES string of the molecule is C=CC=CC.CC(C)CP(CC(C)C)(CC(C)C)=NC1=CC=CC1.[Ti]. The van der Waals surface area contributed by atoms with E-state index < -0.39 is 7.05 Å². The molecule has 142 valence electrons. The maximum absolute atomic E-state index is 5.34. The molecule has 1 rings (SSSR count). The van der Waals surface area contributed by atoms with Crippen molar-refractivity contribution < 1.29 is 21.7 Å². The van der Waals surface area contributed by atoms with Gasteiger partial charge >= 0.3 is 0 Å². The Morgan fingerprint density at radius 1 is 1.04 bits per heavy atom. The summed E-state index contributed by atoms with van der Waals surface area (Å²) in [6.45, 7) is 19.5. The molecule has 0 radical (unpaired) electrons. The topological polar surface area (TPSA) is 12.4 Å². The molecule has 0 atom stereocenters. The minimum atomic E-state index is -1.20. The van der Waals surface area contributed by atoms with Crippen molar-refractivity contribution in [2.45, 2.75) is 54.9 Å². The smallest absolute Gasteiger partial charge is 0.0425 e. The Balaban J connectivity index is 0. The molecule has 0 aromatic carbocycles. The van der Waals surface area contributed by atoms with Gasteiger partial charge < -0.3 is 0 Å². The average molecular weight is 397 g/mol. The Morgan fingerprint density at radius 2 is 1.52 bits per heavy atom. The predicted molar refractivity (Wildman–Crippen MR) is 115 cm³/mol. The van der Waals surface area contributed by atoms with E-state index in [0.717, 1.165) is 24.2 Å². The van der Waals surface area contributed by atoms with E-state index in [1.165, 1.54) is 24.2 Å². The Hall–Kier alpha value is -0.0957. The first kappa shape index (κ1) is 27.1. The summed E-state index contributed by atoms with van der Waals surface area (Å²) in [5.74, 6) is 2.26.